The fourth-order valence-electron chi connectivity index (χ4n) is 2.75. The molecule has 1 atom stereocenters. The van der Waals surface area contributed by atoms with Gasteiger partial charge in [-0.2, -0.15) is 4.31 Å². The van der Waals surface area contributed by atoms with Crippen molar-refractivity contribution in [3.8, 4) is 0 Å². The fraction of sp³-hybridized carbons (Fsp3) is 0.625. The summed E-state index contributed by atoms with van der Waals surface area (Å²) < 4.78 is 27.2. The van der Waals surface area contributed by atoms with Crippen LogP contribution in [0.15, 0.2) is 29.2 Å². The Hall–Kier alpha value is -0.910. The second-order valence-corrected chi connectivity index (χ2v) is 7.70. The molecule has 0 radical (unpaired) electrons. The molecule has 1 aromatic carbocycles. The van der Waals surface area contributed by atoms with Crippen LogP contribution in [0.3, 0.4) is 0 Å². The minimum absolute atomic E-state index is 0.104. The SMILES string of the molecule is CCC(N)c1cccc(S(=O)(=O)N2CCCCCCC2)c1. The normalized spacial score (nSPS) is 19.7. The maximum atomic E-state index is 12.8. The van der Waals surface area contributed by atoms with Crippen LogP contribution in [0, 0.1) is 0 Å². The van der Waals surface area contributed by atoms with E-state index in [0.29, 0.717) is 18.0 Å². The average molecular weight is 310 g/mol. The van der Waals surface area contributed by atoms with E-state index in [1.807, 2.05) is 13.0 Å². The molecular weight excluding hydrogens is 284 g/mol. The first-order valence-corrected chi connectivity index (χ1v) is 9.35. The molecule has 1 unspecified atom stereocenters. The summed E-state index contributed by atoms with van der Waals surface area (Å²) in [6.45, 7) is 3.27. The van der Waals surface area contributed by atoms with E-state index in [0.717, 1.165) is 37.7 Å². The molecule has 0 aromatic heterocycles. The molecule has 118 valence electrons. The monoisotopic (exact) mass is 310 g/mol. The first-order chi connectivity index (χ1) is 10.1. The lowest BCUT2D eigenvalue weighted by molar-refractivity contribution is 0.364. The highest BCUT2D eigenvalue weighted by Crippen LogP contribution is 2.23. The molecule has 0 aliphatic carbocycles. The van der Waals surface area contributed by atoms with Gasteiger partial charge >= 0.3 is 0 Å². The van der Waals surface area contributed by atoms with Crippen LogP contribution in [0.25, 0.3) is 0 Å². The van der Waals surface area contributed by atoms with E-state index in [1.54, 1.807) is 22.5 Å². The highest BCUT2D eigenvalue weighted by atomic mass is 32.2. The number of sulfonamides is 1. The predicted octanol–water partition coefficient (Wildman–Crippen LogP) is 3.05. The zero-order chi connectivity index (χ0) is 15.3. The van der Waals surface area contributed by atoms with Crippen molar-refractivity contribution in [1.82, 2.24) is 4.31 Å². The van der Waals surface area contributed by atoms with Gasteiger partial charge in [-0.25, -0.2) is 8.42 Å². The molecule has 0 amide bonds. The van der Waals surface area contributed by atoms with Crippen molar-refractivity contribution in [3.63, 3.8) is 0 Å². The highest BCUT2D eigenvalue weighted by Gasteiger charge is 2.25. The summed E-state index contributed by atoms with van der Waals surface area (Å²) in [7, 11) is -3.39. The van der Waals surface area contributed by atoms with E-state index in [1.165, 1.54) is 6.42 Å². The predicted molar refractivity (Wildman–Crippen MR) is 85.5 cm³/mol. The summed E-state index contributed by atoms with van der Waals surface area (Å²) in [6, 6.07) is 7.01. The minimum Gasteiger partial charge on any atom is -0.324 e. The van der Waals surface area contributed by atoms with E-state index < -0.39 is 10.0 Å². The molecule has 1 aliphatic rings. The van der Waals surface area contributed by atoms with Gasteiger partial charge in [-0.1, -0.05) is 38.3 Å². The van der Waals surface area contributed by atoms with Crippen molar-refractivity contribution in [1.29, 1.82) is 0 Å². The molecular formula is C16H26N2O2S. The molecule has 1 aromatic rings. The van der Waals surface area contributed by atoms with Gasteiger partial charge in [0.05, 0.1) is 4.90 Å². The quantitative estimate of drug-likeness (QED) is 0.929. The maximum absolute atomic E-state index is 12.8. The molecule has 0 spiro atoms. The number of hydrogen-bond acceptors (Lipinski definition) is 3. The fourth-order valence-corrected chi connectivity index (χ4v) is 4.32. The van der Waals surface area contributed by atoms with Gasteiger partial charge in [-0.05, 0) is 37.0 Å². The maximum Gasteiger partial charge on any atom is 0.243 e. The summed E-state index contributed by atoms with van der Waals surface area (Å²) in [5.74, 6) is 0. The third-order valence-electron chi connectivity index (χ3n) is 4.18. The van der Waals surface area contributed by atoms with Gasteiger partial charge < -0.3 is 5.73 Å². The van der Waals surface area contributed by atoms with Crippen LogP contribution >= 0.6 is 0 Å². The standard InChI is InChI=1S/C16H26N2O2S/c1-2-16(17)14-9-8-10-15(13-14)21(19,20)18-11-6-4-3-5-7-12-18/h8-10,13,16H,2-7,11-12,17H2,1H3. The molecule has 1 aliphatic heterocycles. The van der Waals surface area contributed by atoms with Gasteiger partial charge in [-0.3, -0.25) is 0 Å². The molecule has 1 saturated heterocycles. The Bertz CT molecular complexity index is 549. The number of nitrogens with two attached hydrogens (primary N) is 1. The van der Waals surface area contributed by atoms with Crippen LogP contribution in [-0.2, 0) is 10.0 Å². The second-order valence-electron chi connectivity index (χ2n) is 5.76. The van der Waals surface area contributed by atoms with Crippen molar-refractivity contribution >= 4 is 10.0 Å². The number of benzene rings is 1. The zero-order valence-electron chi connectivity index (χ0n) is 12.8. The third kappa shape index (κ3) is 4.05. The summed E-state index contributed by atoms with van der Waals surface area (Å²) in [4.78, 5) is 0.379. The highest BCUT2D eigenvalue weighted by molar-refractivity contribution is 7.89. The van der Waals surface area contributed by atoms with Gasteiger partial charge in [0.1, 0.15) is 0 Å². The van der Waals surface area contributed by atoms with Crippen molar-refractivity contribution < 1.29 is 8.42 Å². The molecule has 4 nitrogen and oxygen atoms in total. The van der Waals surface area contributed by atoms with Gasteiger partial charge in [0, 0.05) is 19.1 Å². The minimum atomic E-state index is -3.39. The van der Waals surface area contributed by atoms with Crippen LogP contribution in [0.1, 0.15) is 57.1 Å². The lowest BCUT2D eigenvalue weighted by Crippen LogP contribution is -2.34. The smallest absolute Gasteiger partial charge is 0.243 e. The second kappa shape index (κ2) is 7.38. The topological polar surface area (TPSA) is 63.4 Å². The molecule has 5 heteroatoms. The molecule has 21 heavy (non-hydrogen) atoms. The van der Waals surface area contributed by atoms with Crippen LogP contribution in [-0.4, -0.2) is 25.8 Å². The largest absolute Gasteiger partial charge is 0.324 e. The average Bonchev–Trinajstić information content (AvgIpc) is 2.46. The van der Waals surface area contributed by atoms with E-state index in [2.05, 4.69) is 0 Å². The molecule has 0 bridgehead atoms. The zero-order valence-corrected chi connectivity index (χ0v) is 13.6. The van der Waals surface area contributed by atoms with E-state index in [9.17, 15) is 8.42 Å². The van der Waals surface area contributed by atoms with Gasteiger partial charge in [0.2, 0.25) is 10.0 Å². The lowest BCUT2D eigenvalue weighted by atomic mass is 10.1. The third-order valence-corrected chi connectivity index (χ3v) is 6.07. The molecule has 0 saturated carbocycles. The summed E-state index contributed by atoms with van der Waals surface area (Å²) in [5.41, 5.74) is 6.92. The van der Waals surface area contributed by atoms with Crippen LogP contribution < -0.4 is 5.73 Å². The number of rotatable bonds is 4. The number of nitrogens with zero attached hydrogens (tertiary/aromatic N) is 1. The molecule has 2 N–H and O–H groups in total. The summed E-state index contributed by atoms with van der Waals surface area (Å²) in [5, 5.41) is 0. The Labute approximate surface area is 128 Å². The van der Waals surface area contributed by atoms with Crippen LogP contribution in [0.2, 0.25) is 0 Å². The van der Waals surface area contributed by atoms with Crippen LogP contribution in [0.4, 0.5) is 0 Å². The summed E-state index contributed by atoms with van der Waals surface area (Å²) >= 11 is 0. The number of hydrogen-bond donors (Lipinski definition) is 1. The lowest BCUT2D eigenvalue weighted by Gasteiger charge is -2.24. The van der Waals surface area contributed by atoms with Crippen molar-refractivity contribution in [2.24, 2.45) is 5.73 Å². The van der Waals surface area contributed by atoms with Crippen LogP contribution in [0.5, 0.6) is 0 Å². The van der Waals surface area contributed by atoms with Gasteiger partial charge in [0.25, 0.3) is 0 Å². The Morgan fingerprint density at radius 3 is 2.38 bits per heavy atom. The van der Waals surface area contributed by atoms with Gasteiger partial charge in [0.15, 0.2) is 0 Å². The first kappa shape index (κ1) is 16.5. The van der Waals surface area contributed by atoms with Crippen molar-refractivity contribution in [3.05, 3.63) is 29.8 Å². The Morgan fingerprint density at radius 1 is 1.14 bits per heavy atom. The first-order valence-electron chi connectivity index (χ1n) is 7.91. The van der Waals surface area contributed by atoms with Crippen molar-refractivity contribution in [2.45, 2.75) is 56.4 Å². The Morgan fingerprint density at radius 2 is 1.76 bits per heavy atom. The van der Waals surface area contributed by atoms with Crippen molar-refractivity contribution in [2.75, 3.05) is 13.1 Å². The molecule has 2 rings (SSSR count). The van der Waals surface area contributed by atoms with E-state index >= 15 is 0 Å². The Balaban J connectivity index is 2.25. The van der Waals surface area contributed by atoms with E-state index in [4.69, 9.17) is 5.73 Å². The molecule has 1 fully saturated rings. The van der Waals surface area contributed by atoms with E-state index in [-0.39, 0.29) is 6.04 Å². The van der Waals surface area contributed by atoms with Gasteiger partial charge in [-0.15, -0.1) is 0 Å². The molecule has 1 heterocycles. The summed E-state index contributed by atoms with van der Waals surface area (Å²) in [6.07, 6.45) is 6.16. The Kier molecular flexibility index (Phi) is 5.79.